The number of nitrogens with one attached hydrogen (secondary N) is 1. The van der Waals surface area contributed by atoms with Crippen LogP contribution in [0.4, 0.5) is 4.39 Å². The first kappa shape index (κ1) is 16.0. The molecule has 1 unspecified atom stereocenters. The Labute approximate surface area is 125 Å². The van der Waals surface area contributed by atoms with Crippen LogP contribution in [0.15, 0.2) is 28.7 Å². The van der Waals surface area contributed by atoms with E-state index in [0.717, 1.165) is 24.0 Å². The Morgan fingerprint density at radius 3 is 2.52 bits per heavy atom. The Morgan fingerprint density at radius 2 is 2.00 bits per heavy atom. The van der Waals surface area contributed by atoms with Crippen molar-refractivity contribution >= 4 is 11.0 Å². The monoisotopic (exact) mass is 293 g/mol. The van der Waals surface area contributed by atoms with Crippen molar-refractivity contribution in [2.75, 3.05) is 13.7 Å². The van der Waals surface area contributed by atoms with Gasteiger partial charge in [0.1, 0.15) is 5.76 Å². The number of benzene rings is 1. The van der Waals surface area contributed by atoms with Crippen LogP contribution in [0.5, 0.6) is 0 Å². The Morgan fingerprint density at radius 1 is 1.29 bits per heavy atom. The fraction of sp³-hybridized carbons (Fsp3) is 0.529. The number of likely N-dealkylation sites (N-methyl/N-ethyl adjacent to an activating group) is 1. The highest BCUT2D eigenvalue weighted by Crippen LogP contribution is 2.37. The summed E-state index contributed by atoms with van der Waals surface area (Å²) in [6.45, 7) is 6.83. The predicted molar refractivity (Wildman–Crippen MR) is 82.9 cm³/mol. The Balaban J connectivity index is 2.49. The van der Waals surface area contributed by atoms with Gasteiger partial charge in [0, 0.05) is 12.0 Å². The van der Waals surface area contributed by atoms with Gasteiger partial charge in [-0.1, -0.05) is 26.0 Å². The molecule has 1 atom stereocenters. The highest BCUT2D eigenvalue weighted by Gasteiger charge is 2.38. The van der Waals surface area contributed by atoms with Crippen LogP contribution >= 0.6 is 0 Å². The molecule has 3 nitrogen and oxygen atoms in total. The minimum atomic E-state index is -0.353. The number of hydrogen-bond donors (Lipinski definition) is 1. The Kier molecular flexibility index (Phi) is 5.01. The van der Waals surface area contributed by atoms with Gasteiger partial charge in [0.25, 0.3) is 0 Å². The zero-order valence-corrected chi connectivity index (χ0v) is 13.2. The minimum absolute atomic E-state index is 0.112. The zero-order valence-electron chi connectivity index (χ0n) is 13.2. The third kappa shape index (κ3) is 2.83. The van der Waals surface area contributed by atoms with Crippen LogP contribution in [-0.4, -0.2) is 19.3 Å². The standard InChI is InChI=1S/C17H24FNO2/c1-5-17(6-2,20-7-3)16(19-4)14-11-12-9-8-10-13(18)15(12)21-14/h8-11,16,19H,5-7H2,1-4H3. The molecule has 0 saturated carbocycles. The van der Waals surface area contributed by atoms with Crippen LogP contribution < -0.4 is 5.32 Å². The normalized spacial score (nSPS) is 13.8. The summed E-state index contributed by atoms with van der Waals surface area (Å²) >= 11 is 0. The van der Waals surface area contributed by atoms with E-state index >= 15 is 0 Å². The molecule has 0 fully saturated rings. The van der Waals surface area contributed by atoms with Crippen LogP contribution in [0.3, 0.4) is 0 Å². The van der Waals surface area contributed by atoms with E-state index in [-0.39, 0.29) is 17.5 Å². The van der Waals surface area contributed by atoms with E-state index in [1.54, 1.807) is 6.07 Å². The van der Waals surface area contributed by atoms with E-state index in [9.17, 15) is 4.39 Å². The lowest BCUT2D eigenvalue weighted by Gasteiger charge is -2.38. The third-order valence-electron chi connectivity index (χ3n) is 4.24. The van der Waals surface area contributed by atoms with Crippen molar-refractivity contribution in [3.8, 4) is 0 Å². The molecular weight excluding hydrogens is 269 g/mol. The third-order valence-corrected chi connectivity index (χ3v) is 4.24. The molecule has 2 rings (SSSR count). The molecule has 2 aromatic rings. The first-order valence-corrected chi connectivity index (χ1v) is 7.61. The van der Waals surface area contributed by atoms with Gasteiger partial charge >= 0.3 is 0 Å². The van der Waals surface area contributed by atoms with Crippen LogP contribution in [0.1, 0.15) is 45.4 Å². The van der Waals surface area contributed by atoms with E-state index in [1.165, 1.54) is 6.07 Å². The van der Waals surface area contributed by atoms with Crippen molar-refractivity contribution in [1.82, 2.24) is 5.32 Å². The summed E-state index contributed by atoms with van der Waals surface area (Å²) in [6, 6.07) is 6.76. The molecule has 0 aliphatic carbocycles. The Bertz CT molecular complexity index is 589. The molecule has 0 aliphatic heterocycles. The fourth-order valence-electron chi connectivity index (χ4n) is 3.09. The van der Waals surface area contributed by atoms with Gasteiger partial charge in [-0.25, -0.2) is 4.39 Å². The average Bonchev–Trinajstić information content (AvgIpc) is 2.92. The van der Waals surface area contributed by atoms with Gasteiger partial charge in [-0.2, -0.15) is 0 Å². The number of ether oxygens (including phenoxy) is 1. The molecule has 1 aromatic carbocycles. The van der Waals surface area contributed by atoms with Gasteiger partial charge in [0.2, 0.25) is 0 Å². The number of para-hydroxylation sites is 1. The van der Waals surface area contributed by atoms with Crippen LogP contribution in [0.2, 0.25) is 0 Å². The molecule has 1 N–H and O–H groups in total. The SMILES string of the molecule is CCOC(CC)(CC)C(NC)c1cc2cccc(F)c2o1. The quantitative estimate of drug-likeness (QED) is 0.820. The number of halogens is 1. The number of rotatable bonds is 7. The lowest BCUT2D eigenvalue weighted by molar-refractivity contribution is -0.0757. The van der Waals surface area contributed by atoms with Crippen molar-refractivity contribution in [3.63, 3.8) is 0 Å². The summed E-state index contributed by atoms with van der Waals surface area (Å²) in [7, 11) is 1.88. The minimum Gasteiger partial charge on any atom is -0.456 e. The van der Waals surface area contributed by atoms with E-state index in [4.69, 9.17) is 9.15 Å². The smallest absolute Gasteiger partial charge is 0.169 e. The van der Waals surface area contributed by atoms with Gasteiger partial charge in [0.15, 0.2) is 11.4 Å². The van der Waals surface area contributed by atoms with Crippen LogP contribution in [0, 0.1) is 5.82 Å². The summed E-state index contributed by atoms with van der Waals surface area (Å²) in [5, 5.41) is 4.07. The second-order valence-corrected chi connectivity index (χ2v) is 5.23. The second-order valence-electron chi connectivity index (χ2n) is 5.23. The molecule has 0 bridgehead atoms. The molecular formula is C17H24FNO2. The number of furan rings is 1. The maximum atomic E-state index is 13.8. The van der Waals surface area contributed by atoms with Crippen LogP contribution in [-0.2, 0) is 4.74 Å². The molecule has 0 saturated heterocycles. The first-order valence-electron chi connectivity index (χ1n) is 7.61. The molecule has 0 aliphatic rings. The molecule has 0 radical (unpaired) electrons. The highest BCUT2D eigenvalue weighted by atomic mass is 19.1. The van der Waals surface area contributed by atoms with E-state index < -0.39 is 0 Å². The lowest BCUT2D eigenvalue weighted by Crippen LogP contribution is -2.44. The number of hydrogen-bond acceptors (Lipinski definition) is 3. The molecule has 1 heterocycles. The predicted octanol–water partition coefficient (Wildman–Crippen LogP) is 4.43. The van der Waals surface area contributed by atoms with E-state index in [2.05, 4.69) is 19.2 Å². The summed E-state index contributed by atoms with van der Waals surface area (Å²) in [6.07, 6.45) is 1.70. The molecule has 4 heteroatoms. The fourth-order valence-corrected chi connectivity index (χ4v) is 3.09. The highest BCUT2D eigenvalue weighted by molar-refractivity contribution is 5.78. The van der Waals surface area contributed by atoms with Gasteiger partial charge in [-0.05, 0) is 38.9 Å². The second kappa shape index (κ2) is 6.58. The molecule has 0 spiro atoms. The summed E-state index contributed by atoms with van der Waals surface area (Å²) in [5.74, 6) is 0.387. The maximum absolute atomic E-state index is 13.8. The molecule has 1 aromatic heterocycles. The van der Waals surface area contributed by atoms with Gasteiger partial charge in [0.05, 0.1) is 11.6 Å². The van der Waals surface area contributed by atoms with Gasteiger partial charge < -0.3 is 14.5 Å². The first-order chi connectivity index (χ1) is 10.1. The molecule has 21 heavy (non-hydrogen) atoms. The largest absolute Gasteiger partial charge is 0.456 e. The van der Waals surface area contributed by atoms with Gasteiger partial charge in [-0.15, -0.1) is 0 Å². The van der Waals surface area contributed by atoms with E-state index in [1.807, 2.05) is 26.1 Å². The topological polar surface area (TPSA) is 34.4 Å². The van der Waals surface area contributed by atoms with E-state index in [0.29, 0.717) is 12.2 Å². The Hall–Kier alpha value is -1.39. The average molecular weight is 293 g/mol. The van der Waals surface area contributed by atoms with Gasteiger partial charge in [-0.3, -0.25) is 0 Å². The van der Waals surface area contributed by atoms with Crippen LogP contribution in [0.25, 0.3) is 11.0 Å². The molecule has 0 amide bonds. The summed E-state index contributed by atoms with van der Waals surface area (Å²) in [4.78, 5) is 0. The van der Waals surface area contributed by atoms with Crippen molar-refractivity contribution in [1.29, 1.82) is 0 Å². The maximum Gasteiger partial charge on any atom is 0.169 e. The molecule has 116 valence electrons. The van der Waals surface area contributed by atoms with Crippen molar-refractivity contribution in [2.45, 2.75) is 45.3 Å². The van der Waals surface area contributed by atoms with Crippen molar-refractivity contribution in [2.24, 2.45) is 0 Å². The summed E-state index contributed by atoms with van der Waals surface area (Å²) in [5.41, 5.74) is -0.0428. The van der Waals surface area contributed by atoms with Crippen molar-refractivity contribution in [3.05, 3.63) is 35.8 Å². The summed E-state index contributed by atoms with van der Waals surface area (Å²) < 4.78 is 25.7. The number of fused-ring (bicyclic) bond motifs is 1. The van der Waals surface area contributed by atoms with Crippen molar-refractivity contribution < 1.29 is 13.5 Å². The lowest BCUT2D eigenvalue weighted by atomic mass is 9.86. The zero-order chi connectivity index (χ0) is 15.5.